The van der Waals surface area contributed by atoms with Crippen molar-refractivity contribution in [3.8, 4) is 0 Å². The van der Waals surface area contributed by atoms with Gasteiger partial charge in [0.25, 0.3) is 0 Å². The molecule has 2 aliphatic rings. The van der Waals surface area contributed by atoms with E-state index in [1.54, 1.807) is 6.29 Å². The van der Waals surface area contributed by atoms with Gasteiger partial charge in [-0.05, 0) is 12.8 Å². The molecule has 2 rings (SSSR count). The van der Waals surface area contributed by atoms with E-state index in [0.717, 1.165) is 30.6 Å². The van der Waals surface area contributed by atoms with Gasteiger partial charge in [-0.15, -0.1) is 0 Å². The van der Waals surface area contributed by atoms with E-state index < -0.39 is 0 Å². The van der Waals surface area contributed by atoms with E-state index in [0.29, 0.717) is 0 Å². The number of rotatable bonds is 2. The zero-order valence-corrected chi connectivity index (χ0v) is 7.86. The number of carbonyl (C=O) groups is 2. The maximum absolute atomic E-state index is 11.7. The topological polar surface area (TPSA) is 54.5 Å². The Kier molecular flexibility index (Phi) is 2.35. The van der Waals surface area contributed by atoms with Gasteiger partial charge < -0.3 is 0 Å². The molecule has 0 unspecified atom stereocenters. The van der Waals surface area contributed by atoms with Crippen molar-refractivity contribution in [1.82, 2.24) is 4.90 Å². The van der Waals surface area contributed by atoms with Gasteiger partial charge >= 0.3 is 0 Å². The Bertz CT molecular complexity index is 263. The average molecular weight is 194 g/mol. The molecule has 1 saturated heterocycles. The number of nitrogens with zero attached hydrogens (tertiary/aromatic N) is 1. The summed E-state index contributed by atoms with van der Waals surface area (Å²) in [5.41, 5.74) is 0. The van der Waals surface area contributed by atoms with Crippen molar-refractivity contribution < 1.29 is 14.4 Å². The first-order valence-corrected chi connectivity index (χ1v) is 4.96. The van der Waals surface area contributed by atoms with Crippen molar-refractivity contribution in [2.24, 2.45) is 11.8 Å². The molecule has 0 aromatic heterocycles. The summed E-state index contributed by atoms with van der Waals surface area (Å²) in [5, 5.41) is 0. The Hall–Kier alpha value is -1.19. The summed E-state index contributed by atoms with van der Waals surface area (Å²) in [4.78, 5) is 34.6. The highest BCUT2D eigenvalue weighted by Gasteiger charge is 2.47. The summed E-state index contributed by atoms with van der Waals surface area (Å²) in [5.74, 6) is -0.625. The number of amides is 2. The summed E-state index contributed by atoms with van der Waals surface area (Å²) >= 11 is 0. The summed E-state index contributed by atoms with van der Waals surface area (Å²) in [6, 6.07) is 0. The molecular formula is C10H12NO3. The lowest BCUT2D eigenvalue weighted by molar-refractivity contribution is -0.138. The number of carbonyl (C=O) groups excluding carboxylic acids is 3. The summed E-state index contributed by atoms with van der Waals surface area (Å²) in [7, 11) is 0. The molecule has 1 heterocycles. The molecule has 1 radical (unpaired) electrons. The minimum Gasteiger partial charge on any atom is -0.289 e. The second-order valence-corrected chi connectivity index (χ2v) is 3.90. The third-order valence-electron chi connectivity index (χ3n) is 3.16. The molecule has 1 aliphatic carbocycles. The Morgan fingerprint density at radius 1 is 1.14 bits per heavy atom. The fraction of sp³-hybridized carbons (Fsp3) is 0.700. The number of imide groups is 1. The average Bonchev–Trinajstić information content (AvgIpc) is 2.45. The van der Waals surface area contributed by atoms with E-state index in [-0.39, 0.29) is 30.2 Å². The molecule has 0 bridgehead atoms. The predicted octanol–water partition coefficient (Wildman–Crippen LogP) is 0.271. The monoisotopic (exact) mass is 194 g/mol. The highest BCUT2D eigenvalue weighted by atomic mass is 16.2. The van der Waals surface area contributed by atoms with Crippen LogP contribution in [0.4, 0.5) is 0 Å². The van der Waals surface area contributed by atoms with Crippen molar-refractivity contribution in [3.63, 3.8) is 0 Å². The molecule has 0 N–H and O–H groups in total. The Morgan fingerprint density at radius 3 is 2.07 bits per heavy atom. The molecule has 0 aromatic carbocycles. The summed E-state index contributed by atoms with van der Waals surface area (Å²) in [6.07, 6.45) is 5.23. The standard InChI is InChI=1S/C10H12NO3/c12-6-5-11-9(13)7-3-1-2-4-8(7)10(11)14/h7-8H,1-5H2/t7-,8+. The van der Waals surface area contributed by atoms with Gasteiger partial charge in [-0.25, -0.2) is 0 Å². The molecule has 0 aromatic rings. The maximum Gasteiger partial charge on any atom is 0.233 e. The lowest BCUT2D eigenvalue weighted by atomic mass is 9.81. The van der Waals surface area contributed by atoms with E-state index in [4.69, 9.17) is 0 Å². The Labute approximate surface area is 82.3 Å². The van der Waals surface area contributed by atoms with Crippen LogP contribution in [0.15, 0.2) is 0 Å². The van der Waals surface area contributed by atoms with Gasteiger partial charge in [0, 0.05) is 0 Å². The van der Waals surface area contributed by atoms with Gasteiger partial charge in [-0.2, -0.15) is 0 Å². The van der Waals surface area contributed by atoms with Crippen LogP contribution in [0.5, 0.6) is 0 Å². The first kappa shape index (κ1) is 9.37. The molecule has 4 nitrogen and oxygen atoms in total. The van der Waals surface area contributed by atoms with Crippen LogP contribution >= 0.6 is 0 Å². The lowest BCUT2D eigenvalue weighted by Crippen LogP contribution is -2.32. The van der Waals surface area contributed by atoms with Crippen LogP contribution in [0, 0.1) is 11.8 Å². The number of likely N-dealkylation sites (tertiary alicyclic amines) is 1. The van der Waals surface area contributed by atoms with Crippen LogP contribution in [-0.4, -0.2) is 29.5 Å². The lowest BCUT2D eigenvalue weighted by Gasteiger charge is -2.19. The minimum absolute atomic E-state index is 0.149. The van der Waals surface area contributed by atoms with Crippen molar-refractivity contribution >= 4 is 18.1 Å². The molecule has 1 aliphatic heterocycles. The first-order valence-electron chi connectivity index (χ1n) is 4.96. The number of hydrogen-bond acceptors (Lipinski definition) is 3. The van der Waals surface area contributed by atoms with E-state index in [2.05, 4.69) is 0 Å². The third-order valence-corrected chi connectivity index (χ3v) is 3.16. The molecule has 4 heteroatoms. The second-order valence-electron chi connectivity index (χ2n) is 3.90. The van der Waals surface area contributed by atoms with Gasteiger partial charge in [-0.1, -0.05) is 12.8 Å². The van der Waals surface area contributed by atoms with Crippen molar-refractivity contribution in [2.75, 3.05) is 6.54 Å². The molecule has 14 heavy (non-hydrogen) atoms. The van der Waals surface area contributed by atoms with E-state index in [9.17, 15) is 14.4 Å². The van der Waals surface area contributed by atoms with Crippen molar-refractivity contribution in [2.45, 2.75) is 25.7 Å². The largest absolute Gasteiger partial charge is 0.289 e. The van der Waals surface area contributed by atoms with Crippen LogP contribution < -0.4 is 0 Å². The van der Waals surface area contributed by atoms with E-state index >= 15 is 0 Å². The highest BCUT2D eigenvalue weighted by Crippen LogP contribution is 2.37. The van der Waals surface area contributed by atoms with Crippen LogP contribution in [0.2, 0.25) is 0 Å². The van der Waals surface area contributed by atoms with Gasteiger partial charge in [0.15, 0.2) is 0 Å². The molecule has 0 spiro atoms. The third kappa shape index (κ3) is 1.25. The van der Waals surface area contributed by atoms with Gasteiger partial charge in [0.1, 0.15) is 0 Å². The first-order chi connectivity index (χ1) is 6.75. The zero-order chi connectivity index (χ0) is 10.1. The summed E-state index contributed by atoms with van der Waals surface area (Å²) in [6.45, 7) is -0.190. The Morgan fingerprint density at radius 2 is 1.64 bits per heavy atom. The fourth-order valence-corrected chi connectivity index (χ4v) is 2.45. The van der Waals surface area contributed by atoms with E-state index in [1.165, 1.54) is 0 Å². The molecule has 2 atom stereocenters. The van der Waals surface area contributed by atoms with Crippen molar-refractivity contribution in [1.29, 1.82) is 0 Å². The van der Waals surface area contributed by atoms with Gasteiger partial charge in [-0.3, -0.25) is 19.3 Å². The number of hydrogen-bond donors (Lipinski definition) is 0. The zero-order valence-electron chi connectivity index (χ0n) is 7.86. The van der Waals surface area contributed by atoms with Crippen LogP contribution in [-0.2, 0) is 14.4 Å². The molecule has 75 valence electrons. The van der Waals surface area contributed by atoms with Gasteiger partial charge in [0.05, 0.1) is 18.4 Å². The SMILES string of the molecule is O=[C]CN1C(=O)[C@H]2CCCC[C@H]2C1=O. The van der Waals surface area contributed by atoms with E-state index in [1.807, 2.05) is 0 Å². The fourth-order valence-electron chi connectivity index (χ4n) is 2.45. The van der Waals surface area contributed by atoms with Crippen LogP contribution in [0.25, 0.3) is 0 Å². The molecule has 2 fully saturated rings. The Balaban J connectivity index is 2.19. The quantitative estimate of drug-likeness (QED) is 0.593. The second kappa shape index (κ2) is 3.52. The molecule has 1 saturated carbocycles. The molecule has 2 amide bonds. The smallest absolute Gasteiger partial charge is 0.233 e. The highest BCUT2D eigenvalue weighted by molar-refractivity contribution is 6.06. The maximum atomic E-state index is 11.7. The number of fused-ring (bicyclic) bond motifs is 1. The van der Waals surface area contributed by atoms with Crippen LogP contribution in [0.3, 0.4) is 0 Å². The summed E-state index contributed by atoms with van der Waals surface area (Å²) < 4.78 is 0. The van der Waals surface area contributed by atoms with Crippen molar-refractivity contribution in [3.05, 3.63) is 0 Å². The normalized spacial score (nSPS) is 31.9. The minimum atomic E-state index is -0.190. The van der Waals surface area contributed by atoms with Gasteiger partial charge in [0.2, 0.25) is 18.1 Å². The molecular weight excluding hydrogens is 182 g/mol. The van der Waals surface area contributed by atoms with Crippen LogP contribution in [0.1, 0.15) is 25.7 Å². The predicted molar refractivity (Wildman–Crippen MR) is 47.9 cm³/mol.